The Kier molecular flexibility index (Phi) is 7.89. The number of benzene rings is 1. The maximum atomic E-state index is 12.0. The van der Waals surface area contributed by atoms with Crippen LogP contribution in [-0.4, -0.2) is 40.9 Å². The summed E-state index contributed by atoms with van der Waals surface area (Å²) < 4.78 is 10.2. The highest BCUT2D eigenvalue weighted by Gasteiger charge is 2.26. The summed E-state index contributed by atoms with van der Waals surface area (Å²) in [4.78, 5) is 34.8. The zero-order valence-corrected chi connectivity index (χ0v) is 15.4. The highest BCUT2D eigenvalue weighted by atomic mass is 16.6. The molecule has 0 aliphatic rings. The van der Waals surface area contributed by atoms with E-state index in [1.54, 1.807) is 39.8 Å². The summed E-state index contributed by atoms with van der Waals surface area (Å²) in [6.07, 6.45) is -1.84. The van der Waals surface area contributed by atoms with Crippen LogP contribution in [0.1, 0.15) is 39.7 Å². The second kappa shape index (κ2) is 9.65. The molecule has 0 fully saturated rings. The van der Waals surface area contributed by atoms with Gasteiger partial charge in [-0.25, -0.2) is 9.59 Å². The minimum absolute atomic E-state index is 0.0559. The molecular formula is C18H26N2O6. The first kappa shape index (κ1) is 21.3. The number of hydrogen-bond donors (Lipinski definition) is 3. The molecule has 0 spiro atoms. The molecule has 1 aromatic carbocycles. The summed E-state index contributed by atoms with van der Waals surface area (Å²) in [5.74, 6) is -1.11. The second-order valence-electron chi connectivity index (χ2n) is 6.85. The normalized spacial score (nSPS) is 13.2. The average Bonchev–Trinajstić information content (AvgIpc) is 2.51. The number of rotatable bonds is 7. The molecule has 144 valence electrons. The molecule has 8 nitrogen and oxygen atoms in total. The lowest BCUT2D eigenvalue weighted by Crippen LogP contribution is -2.52. The molecule has 26 heavy (non-hydrogen) atoms. The van der Waals surface area contributed by atoms with E-state index >= 15 is 0 Å². The van der Waals surface area contributed by atoms with E-state index in [2.05, 4.69) is 10.6 Å². The van der Waals surface area contributed by atoms with Crippen molar-refractivity contribution in [2.45, 2.75) is 58.4 Å². The van der Waals surface area contributed by atoms with Gasteiger partial charge in [0.05, 0.1) is 18.5 Å². The Labute approximate surface area is 152 Å². The van der Waals surface area contributed by atoms with Crippen LogP contribution < -0.4 is 10.6 Å². The summed E-state index contributed by atoms with van der Waals surface area (Å²) in [7, 11) is 0. The summed E-state index contributed by atoms with van der Waals surface area (Å²) in [6.45, 7) is 6.77. The van der Waals surface area contributed by atoms with E-state index in [4.69, 9.17) is 14.6 Å². The summed E-state index contributed by atoms with van der Waals surface area (Å²) in [5, 5.41) is 14.0. The Morgan fingerprint density at radius 1 is 1.08 bits per heavy atom. The van der Waals surface area contributed by atoms with E-state index in [1.807, 2.05) is 18.2 Å². The van der Waals surface area contributed by atoms with Crippen LogP contribution in [0.5, 0.6) is 0 Å². The third-order valence-corrected chi connectivity index (χ3v) is 3.26. The largest absolute Gasteiger partial charge is 0.481 e. The molecule has 0 aliphatic heterocycles. The Bertz CT molecular complexity index is 612. The van der Waals surface area contributed by atoms with Crippen molar-refractivity contribution in [3.05, 3.63) is 35.9 Å². The Morgan fingerprint density at radius 2 is 1.69 bits per heavy atom. The Hall–Kier alpha value is -2.77. The first-order valence-corrected chi connectivity index (χ1v) is 8.25. The van der Waals surface area contributed by atoms with Gasteiger partial charge in [-0.3, -0.25) is 4.79 Å². The molecule has 0 heterocycles. The fourth-order valence-electron chi connectivity index (χ4n) is 2.05. The van der Waals surface area contributed by atoms with Crippen molar-refractivity contribution in [1.82, 2.24) is 10.6 Å². The summed E-state index contributed by atoms with van der Waals surface area (Å²) in [6, 6.07) is 7.54. The minimum atomic E-state index is -1.11. The number of carboxylic acids is 1. The lowest BCUT2D eigenvalue weighted by molar-refractivity contribution is -0.137. The van der Waals surface area contributed by atoms with E-state index in [1.165, 1.54) is 0 Å². The number of nitrogens with one attached hydrogen (secondary N) is 2. The third kappa shape index (κ3) is 8.91. The molecule has 0 saturated carbocycles. The van der Waals surface area contributed by atoms with Gasteiger partial charge in [-0.2, -0.15) is 0 Å². The Balaban J connectivity index is 2.60. The lowest BCUT2D eigenvalue weighted by atomic mass is 10.1. The second-order valence-corrected chi connectivity index (χ2v) is 6.85. The molecule has 3 N–H and O–H groups in total. The maximum Gasteiger partial charge on any atom is 0.407 e. The van der Waals surface area contributed by atoms with Crippen molar-refractivity contribution in [1.29, 1.82) is 0 Å². The standard InChI is InChI=1S/C18H26N2O6/c1-12(19-17(24)26-18(2,3)4)14(10-15(21)22)20-16(23)25-11-13-8-6-5-7-9-13/h5-9,12,14H,10-11H2,1-4H3,(H,19,24)(H,20,23)(H,21,22). The Morgan fingerprint density at radius 3 is 2.23 bits per heavy atom. The number of carbonyl (C=O) groups excluding carboxylic acids is 2. The number of alkyl carbamates (subject to hydrolysis) is 2. The fourth-order valence-corrected chi connectivity index (χ4v) is 2.05. The quantitative estimate of drug-likeness (QED) is 0.683. The highest BCUT2D eigenvalue weighted by molar-refractivity contribution is 5.72. The number of hydrogen-bond acceptors (Lipinski definition) is 5. The van der Waals surface area contributed by atoms with E-state index in [0.717, 1.165) is 5.56 Å². The van der Waals surface area contributed by atoms with Crippen LogP contribution in [0.15, 0.2) is 30.3 Å². The zero-order valence-electron chi connectivity index (χ0n) is 15.4. The van der Waals surface area contributed by atoms with E-state index in [0.29, 0.717) is 0 Å². The van der Waals surface area contributed by atoms with Crippen molar-refractivity contribution >= 4 is 18.2 Å². The van der Waals surface area contributed by atoms with Crippen LogP contribution in [0.25, 0.3) is 0 Å². The third-order valence-electron chi connectivity index (χ3n) is 3.26. The minimum Gasteiger partial charge on any atom is -0.481 e. The van der Waals surface area contributed by atoms with Crippen molar-refractivity contribution in [2.75, 3.05) is 0 Å². The maximum absolute atomic E-state index is 12.0. The predicted molar refractivity (Wildman–Crippen MR) is 94.6 cm³/mol. The van der Waals surface area contributed by atoms with Crippen LogP contribution in [0.2, 0.25) is 0 Å². The van der Waals surface area contributed by atoms with E-state index < -0.39 is 35.8 Å². The van der Waals surface area contributed by atoms with Gasteiger partial charge >= 0.3 is 18.2 Å². The number of amides is 2. The van der Waals surface area contributed by atoms with E-state index in [9.17, 15) is 14.4 Å². The molecule has 0 bridgehead atoms. The first-order chi connectivity index (χ1) is 12.1. The van der Waals surface area contributed by atoms with Gasteiger partial charge in [0.25, 0.3) is 0 Å². The molecule has 2 amide bonds. The van der Waals surface area contributed by atoms with Crippen LogP contribution in [0, 0.1) is 0 Å². The van der Waals surface area contributed by atoms with Crippen LogP contribution in [0.4, 0.5) is 9.59 Å². The molecule has 2 atom stereocenters. The lowest BCUT2D eigenvalue weighted by Gasteiger charge is -2.26. The van der Waals surface area contributed by atoms with Gasteiger partial charge in [-0.05, 0) is 33.3 Å². The number of ether oxygens (including phenoxy) is 2. The van der Waals surface area contributed by atoms with E-state index in [-0.39, 0.29) is 13.0 Å². The average molecular weight is 366 g/mol. The molecule has 8 heteroatoms. The number of carbonyl (C=O) groups is 3. The zero-order chi connectivity index (χ0) is 19.7. The summed E-state index contributed by atoms with van der Waals surface area (Å²) in [5.41, 5.74) is 0.117. The van der Waals surface area contributed by atoms with Gasteiger partial charge in [-0.1, -0.05) is 30.3 Å². The predicted octanol–water partition coefficient (Wildman–Crippen LogP) is 2.67. The molecule has 1 aromatic rings. The van der Waals surface area contributed by atoms with Gasteiger partial charge in [0, 0.05) is 0 Å². The van der Waals surface area contributed by atoms with Crippen molar-refractivity contribution in [3.8, 4) is 0 Å². The van der Waals surface area contributed by atoms with Gasteiger partial charge in [0.2, 0.25) is 0 Å². The van der Waals surface area contributed by atoms with Gasteiger partial charge < -0.3 is 25.2 Å². The van der Waals surface area contributed by atoms with Crippen LogP contribution in [-0.2, 0) is 20.9 Å². The molecule has 0 aliphatic carbocycles. The van der Waals surface area contributed by atoms with Crippen molar-refractivity contribution in [3.63, 3.8) is 0 Å². The van der Waals surface area contributed by atoms with Gasteiger partial charge in [0.1, 0.15) is 12.2 Å². The summed E-state index contributed by atoms with van der Waals surface area (Å²) >= 11 is 0. The number of carboxylic acid groups (broad SMARTS) is 1. The molecule has 0 aromatic heterocycles. The molecule has 1 rings (SSSR count). The fraction of sp³-hybridized carbons (Fsp3) is 0.500. The van der Waals surface area contributed by atoms with Crippen molar-refractivity contribution < 1.29 is 29.0 Å². The molecule has 2 unspecified atom stereocenters. The van der Waals surface area contributed by atoms with Crippen LogP contribution >= 0.6 is 0 Å². The smallest absolute Gasteiger partial charge is 0.407 e. The highest BCUT2D eigenvalue weighted by Crippen LogP contribution is 2.08. The molecule has 0 saturated heterocycles. The first-order valence-electron chi connectivity index (χ1n) is 8.25. The van der Waals surface area contributed by atoms with Gasteiger partial charge in [-0.15, -0.1) is 0 Å². The SMILES string of the molecule is CC(NC(=O)OC(C)(C)C)C(CC(=O)O)NC(=O)OCc1ccccc1. The monoisotopic (exact) mass is 366 g/mol. The topological polar surface area (TPSA) is 114 Å². The molecular weight excluding hydrogens is 340 g/mol. The van der Waals surface area contributed by atoms with Gasteiger partial charge in [0.15, 0.2) is 0 Å². The number of aliphatic carboxylic acids is 1. The molecule has 0 radical (unpaired) electrons. The van der Waals surface area contributed by atoms with Crippen LogP contribution in [0.3, 0.4) is 0 Å². The van der Waals surface area contributed by atoms with Crippen molar-refractivity contribution in [2.24, 2.45) is 0 Å².